The van der Waals surface area contributed by atoms with E-state index in [9.17, 15) is 13.2 Å². The van der Waals surface area contributed by atoms with E-state index in [-0.39, 0.29) is 5.56 Å². The van der Waals surface area contributed by atoms with Crippen LogP contribution in [0.15, 0.2) is 42.7 Å². The Labute approximate surface area is 194 Å². The second-order valence-corrected chi connectivity index (χ2v) is 8.55. The van der Waals surface area contributed by atoms with Crippen LogP contribution in [0.25, 0.3) is 22.0 Å². The normalized spacial score (nSPS) is 14.6. The van der Waals surface area contributed by atoms with Gasteiger partial charge in [0.25, 0.3) is 6.43 Å². The summed E-state index contributed by atoms with van der Waals surface area (Å²) in [5.74, 6) is 0.696. The van der Waals surface area contributed by atoms with Crippen LogP contribution in [0.4, 0.5) is 19.0 Å². The molecule has 5 rings (SSSR count). The van der Waals surface area contributed by atoms with Gasteiger partial charge in [-0.15, -0.1) is 0 Å². The molecule has 1 fully saturated rings. The summed E-state index contributed by atoms with van der Waals surface area (Å²) in [6, 6.07) is 7.62. The quantitative estimate of drug-likeness (QED) is 0.341. The van der Waals surface area contributed by atoms with Crippen molar-refractivity contribution in [2.75, 3.05) is 12.4 Å². The number of anilines is 1. The van der Waals surface area contributed by atoms with E-state index in [1.54, 1.807) is 21.0 Å². The smallest absolute Gasteiger partial charge is 0.266 e. The number of rotatable bonds is 7. The van der Waals surface area contributed by atoms with Crippen LogP contribution in [0, 0.1) is 12.7 Å². The van der Waals surface area contributed by atoms with Gasteiger partial charge in [0, 0.05) is 28.3 Å². The Bertz CT molecular complexity index is 1370. The zero-order chi connectivity index (χ0) is 24.0. The molecule has 0 aliphatic heterocycles. The van der Waals surface area contributed by atoms with Gasteiger partial charge >= 0.3 is 0 Å². The Morgan fingerprint density at radius 3 is 2.62 bits per heavy atom. The number of methoxy groups -OCH3 is 1. The standard InChI is InChI=1S/C25H24F3N5O/c1-13(17-5-4-6-18(23(17)26)24(27)28)30-25-20-10-22(34-3)19(9-21(20)31-14(2)32-25)15-11-29-33(12-15)16-7-8-16/h4-6,9-13,16,24H,7-8H2,1-3H3,(H,30,31,32). The topological polar surface area (TPSA) is 64.9 Å². The first-order chi connectivity index (χ1) is 16.4. The molecule has 0 bridgehead atoms. The van der Waals surface area contributed by atoms with Crippen molar-refractivity contribution >= 4 is 16.7 Å². The summed E-state index contributed by atoms with van der Waals surface area (Å²) in [5.41, 5.74) is 1.98. The molecule has 9 heteroatoms. The van der Waals surface area contributed by atoms with Gasteiger partial charge in [0.05, 0.1) is 36.5 Å². The molecule has 2 aromatic carbocycles. The Kier molecular flexibility index (Phi) is 5.63. The lowest BCUT2D eigenvalue weighted by molar-refractivity contribution is 0.146. The number of nitrogens with zero attached hydrogens (tertiary/aromatic N) is 4. The number of alkyl halides is 2. The third-order valence-electron chi connectivity index (χ3n) is 6.08. The summed E-state index contributed by atoms with van der Waals surface area (Å²) >= 11 is 0. The molecule has 0 spiro atoms. The summed E-state index contributed by atoms with van der Waals surface area (Å²) < 4.78 is 48.7. The first kappa shape index (κ1) is 22.2. The van der Waals surface area contributed by atoms with E-state index >= 15 is 0 Å². The first-order valence-electron chi connectivity index (χ1n) is 11.1. The number of nitrogens with one attached hydrogen (secondary N) is 1. The lowest BCUT2D eigenvalue weighted by Gasteiger charge is -2.19. The van der Waals surface area contributed by atoms with Crippen LogP contribution in [0.5, 0.6) is 5.75 Å². The maximum Gasteiger partial charge on any atom is 0.266 e. The number of hydrogen-bond donors (Lipinski definition) is 1. The van der Waals surface area contributed by atoms with Gasteiger partial charge < -0.3 is 10.1 Å². The van der Waals surface area contributed by atoms with Crippen LogP contribution in [0.2, 0.25) is 0 Å². The highest BCUT2D eigenvalue weighted by Gasteiger charge is 2.25. The lowest BCUT2D eigenvalue weighted by atomic mass is 10.0. The average Bonchev–Trinajstić information content (AvgIpc) is 3.54. The Hall–Kier alpha value is -3.62. The van der Waals surface area contributed by atoms with Crippen LogP contribution in [-0.4, -0.2) is 26.9 Å². The monoisotopic (exact) mass is 467 g/mol. The van der Waals surface area contributed by atoms with Crippen LogP contribution < -0.4 is 10.1 Å². The van der Waals surface area contributed by atoms with Crippen LogP contribution >= 0.6 is 0 Å². The summed E-state index contributed by atoms with van der Waals surface area (Å²) in [6.07, 6.45) is 3.21. The third-order valence-corrected chi connectivity index (χ3v) is 6.08. The highest BCUT2D eigenvalue weighted by atomic mass is 19.3. The number of aryl methyl sites for hydroxylation is 1. The Morgan fingerprint density at radius 2 is 1.91 bits per heavy atom. The van der Waals surface area contributed by atoms with Crippen molar-refractivity contribution in [2.24, 2.45) is 0 Å². The second-order valence-electron chi connectivity index (χ2n) is 8.55. The molecule has 1 atom stereocenters. The van der Waals surface area contributed by atoms with Gasteiger partial charge in [-0.2, -0.15) is 5.10 Å². The van der Waals surface area contributed by atoms with E-state index in [2.05, 4.69) is 20.4 Å². The maximum absolute atomic E-state index is 14.7. The minimum atomic E-state index is -2.89. The molecule has 1 aliphatic rings. The zero-order valence-corrected chi connectivity index (χ0v) is 19.0. The van der Waals surface area contributed by atoms with Crippen LogP contribution in [-0.2, 0) is 0 Å². The number of benzene rings is 2. The largest absolute Gasteiger partial charge is 0.496 e. The molecule has 1 N–H and O–H groups in total. The highest BCUT2D eigenvalue weighted by Crippen LogP contribution is 2.39. The van der Waals surface area contributed by atoms with Gasteiger partial charge in [0.2, 0.25) is 0 Å². The number of halogens is 3. The molecular weight excluding hydrogens is 443 g/mol. The molecule has 1 saturated carbocycles. The SMILES string of the molecule is COc1cc2c(NC(C)c3cccc(C(F)F)c3F)nc(C)nc2cc1-c1cnn(C2CC2)c1. The first-order valence-corrected chi connectivity index (χ1v) is 11.1. The van der Waals surface area contributed by atoms with Crippen molar-refractivity contribution in [3.63, 3.8) is 0 Å². The fraction of sp³-hybridized carbons (Fsp3) is 0.320. The van der Waals surface area contributed by atoms with E-state index in [0.29, 0.717) is 34.3 Å². The van der Waals surface area contributed by atoms with E-state index in [1.807, 2.05) is 29.2 Å². The summed E-state index contributed by atoms with van der Waals surface area (Å²) in [5, 5.41) is 8.33. The van der Waals surface area contributed by atoms with Crippen LogP contribution in [0.3, 0.4) is 0 Å². The lowest BCUT2D eigenvalue weighted by Crippen LogP contribution is -2.12. The minimum absolute atomic E-state index is 0.137. The van der Waals surface area contributed by atoms with Crippen LogP contribution in [0.1, 0.15) is 55.2 Å². The molecule has 4 aromatic rings. The van der Waals surface area contributed by atoms with Crippen molar-refractivity contribution in [3.8, 4) is 16.9 Å². The number of hydrogen-bond acceptors (Lipinski definition) is 5. The molecule has 0 saturated heterocycles. The Balaban J connectivity index is 1.55. The predicted molar refractivity (Wildman–Crippen MR) is 124 cm³/mol. The second kappa shape index (κ2) is 8.62. The minimum Gasteiger partial charge on any atom is -0.496 e. The van der Waals surface area contributed by atoms with E-state index < -0.39 is 23.8 Å². The molecule has 0 radical (unpaired) electrons. The molecule has 1 unspecified atom stereocenters. The molecule has 2 heterocycles. The summed E-state index contributed by atoms with van der Waals surface area (Å²) in [7, 11) is 1.59. The van der Waals surface area contributed by atoms with Gasteiger partial charge in [-0.1, -0.05) is 18.2 Å². The van der Waals surface area contributed by atoms with Crippen molar-refractivity contribution < 1.29 is 17.9 Å². The van der Waals surface area contributed by atoms with Crippen molar-refractivity contribution in [1.82, 2.24) is 19.7 Å². The van der Waals surface area contributed by atoms with Crippen molar-refractivity contribution in [2.45, 2.75) is 45.2 Å². The van der Waals surface area contributed by atoms with Gasteiger partial charge in [-0.25, -0.2) is 23.1 Å². The summed E-state index contributed by atoms with van der Waals surface area (Å²) in [6.45, 7) is 3.47. The Morgan fingerprint density at radius 1 is 1.15 bits per heavy atom. The van der Waals surface area contributed by atoms with E-state index in [1.165, 1.54) is 12.1 Å². The molecule has 2 aromatic heterocycles. The number of aromatic nitrogens is 4. The fourth-order valence-electron chi connectivity index (χ4n) is 4.15. The zero-order valence-electron chi connectivity index (χ0n) is 19.0. The highest BCUT2D eigenvalue weighted by molar-refractivity contribution is 5.94. The fourth-order valence-corrected chi connectivity index (χ4v) is 4.15. The van der Waals surface area contributed by atoms with Gasteiger partial charge in [-0.3, -0.25) is 4.68 Å². The average molecular weight is 467 g/mol. The maximum atomic E-state index is 14.7. The van der Waals surface area contributed by atoms with E-state index in [4.69, 9.17) is 4.74 Å². The molecule has 6 nitrogen and oxygen atoms in total. The van der Waals surface area contributed by atoms with Crippen molar-refractivity contribution in [1.29, 1.82) is 0 Å². The molecule has 0 amide bonds. The molecular formula is C25H24F3N5O. The van der Waals surface area contributed by atoms with Gasteiger partial charge in [0.15, 0.2) is 0 Å². The van der Waals surface area contributed by atoms with Gasteiger partial charge in [0.1, 0.15) is 23.2 Å². The number of fused-ring (bicyclic) bond motifs is 1. The van der Waals surface area contributed by atoms with Crippen molar-refractivity contribution in [3.05, 3.63) is 65.5 Å². The third kappa shape index (κ3) is 4.06. The number of ether oxygens (including phenoxy) is 1. The van der Waals surface area contributed by atoms with E-state index in [0.717, 1.165) is 30.0 Å². The van der Waals surface area contributed by atoms with Gasteiger partial charge in [-0.05, 0) is 38.8 Å². The molecule has 1 aliphatic carbocycles. The summed E-state index contributed by atoms with van der Waals surface area (Å²) in [4.78, 5) is 9.08. The molecule has 34 heavy (non-hydrogen) atoms. The predicted octanol–water partition coefficient (Wildman–Crippen LogP) is 6.40. The molecule has 176 valence electrons.